The molecule has 4 atom stereocenters. The van der Waals surface area contributed by atoms with Gasteiger partial charge in [-0.2, -0.15) is 9.97 Å². The predicted octanol–water partition coefficient (Wildman–Crippen LogP) is 5.29. The quantitative estimate of drug-likeness (QED) is 0.306. The summed E-state index contributed by atoms with van der Waals surface area (Å²) in [6, 6.07) is 5.92. The van der Waals surface area contributed by atoms with Crippen LogP contribution < -0.4 is 15.0 Å². The van der Waals surface area contributed by atoms with Crippen molar-refractivity contribution in [2.45, 2.75) is 69.2 Å². The molecule has 0 saturated carbocycles. The lowest BCUT2D eigenvalue weighted by Gasteiger charge is -2.46. The summed E-state index contributed by atoms with van der Waals surface area (Å²) < 4.78 is 77.9. The zero-order valence-electron chi connectivity index (χ0n) is 27.3. The Morgan fingerprint density at radius 2 is 2.11 bits per heavy atom. The summed E-state index contributed by atoms with van der Waals surface area (Å²) in [5, 5.41) is 15.4. The van der Waals surface area contributed by atoms with Crippen molar-refractivity contribution in [3.8, 4) is 23.0 Å². The molecule has 9 rings (SSSR count). The zero-order chi connectivity index (χ0) is 32.9. The number of ether oxygens (including phenoxy) is 1. The number of aromatic hydroxyl groups is 1. The molecule has 11 heteroatoms. The van der Waals surface area contributed by atoms with Gasteiger partial charge in [-0.3, -0.25) is 9.88 Å². The predicted molar refractivity (Wildman–Crippen MR) is 162 cm³/mol. The van der Waals surface area contributed by atoms with E-state index in [-0.39, 0.29) is 73.0 Å². The van der Waals surface area contributed by atoms with E-state index < -0.39 is 29.8 Å². The molecule has 0 spiro atoms. The number of rotatable bonds is 6. The van der Waals surface area contributed by atoms with Crippen LogP contribution in [0.25, 0.3) is 32.9 Å². The van der Waals surface area contributed by atoms with Gasteiger partial charge in [0.05, 0.1) is 12.3 Å². The van der Waals surface area contributed by atoms with Gasteiger partial charge in [0.25, 0.3) is 0 Å². The van der Waals surface area contributed by atoms with Gasteiger partial charge >= 0.3 is 6.01 Å². The van der Waals surface area contributed by atoms with Crippen molar-refractivity contribution in [1.29, 1.82) is 0 Å². The van der Waals surface area contributed by atoms with Gasteiger partial charge < -0.3 is 20.1 Å². The third kappa shape index (κ3) is 4.38. The third-order valence-corrected chi connectivity index (χ3v) is 9.81. The molecule has 4 aromatic rings. The Balaban J connectivity index is 1.27. The molecule has 2 aromatic heterocycles. The van der Waals surface area contributed by atoms with Crippen molar-refractivity contribution in [2.75, 3.05) is 37.6 Å². The fourth-order valence-corrected chi connectivity index (χ4v) is 7.61. The normalized spacial score (nSPS) is 30.5. The van der Waals surface area contributed by atoms with Crippen LogP contribution in [0.1, 0.15) is 48.7 Å². The van der Waals surface area contributed by atoms with Crippen LogP contribution in [-0.4, -0.2) is 81.5 Å². The first-order valence-electron chi connectivity index (χ1n) is 16.8. The number of hydrogen-bond acceptors (Lipinski definition) is 8. The molecule has 2 aromatic carbocycles. The van der Waals surface area contributed by atoms with Gasteiger partial charge in [0, 0.05) is 52.6 Å². The molecular weight excluding hydrogens is 569 g/mol. The molecule has 0 aliphatic carbocycles. The summed E-state index contributed by atoms with van der Waals surface area (Å²) >= 11 is 0. The molecule has 5 fully saturated rings. The molecule has 0 amide bonds. The van der Waals surface area contributed by atoms with E-state index in [0.29, 0.717) is 40.5 Å². The summed E-state index contributed by atoms with van der Waals surface area (Å²) in [4.78, 5) is 17.3. The van der Waals surface area contributed by atoms with E-state index in [0.717, 1.165) is 19.4 Å². The fraction of sp³-hybridized carbons (Fsp3) is 0.485. The number of anilines is 1. The first-order chi connectivity index (χ1) is 22.4. The first kappa shape index (κ1) is 24.6. The fourth-order valence-electron chi connectivity index (χ4n) is 7.61. The summed E-state index contributed by atoms with van der Waals surface area (Å²) in [5.74, 6) is -0.907. The highest BCUT2D eigenvalue weighted by molar-refractivity contribution is 6.01. The van der Waals surface area contributed by atoms with E-state index >= 15 is 4.39 Å². The van der Waals surface area contributed by atoms with E-state index in [9.17, 15) is 13.9 Å². The lowest BCUT2D eigenvalue weighted by atomic mass is 9.92. The van der Waals surface area contributed by atoms with Crippen molar-refractivity contribution in [2.24, 2.45) is 0 Å². The lowest BCUT2D eigenvalue weighted by molar-refractivity contribution is 0.107. The number of phenolic OH excluding ortho intramolecular Hbond substituents is 1. The first-order valence-corrected chi connectivity index (χ1v) is 15.3. The summed E-state index contributed by atoms with van der Waals surface area (Å²) in [6.07, 6.45) is 1.65. The van der Waals surface area contributed by atoms with Crippen LogP contribution in [-0.2, 0) is 6.42 Å². The number of alkyl halides is 1. The number of pyridine rings is 1. The van der Waals surface area contributed by atoms with Gasteiger partial charge in [-0.25, -0.2) is 13.2 Å². The van der Waals surface area contributed by atoms with Crippen LogP contribution in [0.3, 0.4) is 0 Å². The Labute approximate surface area is 257 Å². The van der Waals surface area contributed by atoms with Crippen molar-refractivity contribution >= 4 is 27.5 Å². The van der Waals surface area contributed by atoms with Gasteiger partial charge in [-0.05, 0) is 73.1 Å². The zero-order valence-corrected chi connectivity index (χ0v) is 24.3. The number of benzene rings is 2. The minimum Gasteiger partial charge on any atom is -0.508 e. The number of fused-ring (bicyclic) bond motifs is 6. The number of piperidine rings is 2. The molecular formula is C33H35F3N6O2. The van der Waals surface area contributed by atoms with Gasteiger partial charge in [0.2, 0.25) is 0 Å². The molecule has 5 saturated heterocycles. The second kappa shape index (κ2) is 10.4. The highest BCUT2D eigenvalue weighted by Gasteiger charge is 2.49. The monoisotopic (exact) mass is 607 g/mol. The van der Waals surface area contributed by atoms with E-state index in [1.165, 1.54) is 35.4 Å². The van der Waals surface area contributed by atoms with E-state index in [2.05, 4.69) is 20.2 Å². The Bertz CT molecular complexity index is 1920. The molecule has 5 aliphatic rings. The van der Waals surface area contributed by atoms with E-state index in [4.69, 9.17) is 13.8 Å². The molecule has 230 valence electrons. The molecule has 2 unspecified atom stereocenters. The maximum absolute atomic E-state index is 16.9. The second-order valence-electron chi connectivity index (χ2n) is 12.4. The Morgan fingerprint density at radius 1 is 1.23 bits per heavy atom. The minimum absolute atomic E-state index is 0.0711. The largest absolute Gasteiger partial charge is 0.508 e. The lowest BCUT2D eigenvalue weighted by Crippen LogP contribution is -2.61. The number of hydrogen-bond donors (Lipinski definition) is 2. The van der Waals surface area contributed by atoms with Gasteiger partial charge in [-0.15, -0.1) is 0 Å². The van der Waals surface area contributed by atoms with Crippen LogP contribution >= 0.6 is 0 Å². The third-order valence-electron chi connectivity index (χ3n) is 9.81. The number of phenols is 1. The molecule has 44 heavy (non-hydrogen) atoms. The van der Waals surface area contributed by atoms with Crippen LogP contribution in [0.15, 0.2) is 30.5 Å². The smallest absolute Gasteiger partial charge is 0.319 e. The average molecular weight is 608 g/mol. The number of aromatic nitrogens is 3. The molecule has 7 heterocycles. The van der Waals surface area contributed by atoms with Crippen molar-refractivity contribution in [1.82, 2.24) is 25.2 Å². The highest BCUT2D eigenvalue weighted by Crippen LogP contribution is 2.42. The molecule has 2 bridgehead atoms. The molecule has 5 aliphatic heterocycles. The number of nitrogens with zero attached hydrogens (tertiary/aromatic N) is 5. The second-order valence-corrected chi connectivity index (χ2v) is 12.4. The van der Waals surface area contributed by atoms with E-state index in [1.54, 1.807) is 6.92 Å². The van der Waals surface area contributed by atoms with E-state index in [1.807, 2.05) is 0 Å². The maximum Gasteiger partial charge on any atom is 0.319 e. The number of piperazine rings is 1. The maximum atomic E-state index is 16.9. The Hall–Kier alpha value is -3.70. The average Bonchev–Trinajstić information content (AvgIpc) is 3.47. The standard InChI is InChI=1S/C33H35F3N6O2/c1-2-23-26(35)7-4-18-10-22(43)11-24(27(18)23)29-28(36)30-25(14-38-29)31(42-16-20-5-6-21(42)13-37-20)40-32(39-30)44-17-33-8-3-9-41(33)15-19(34)12-33/h4,7,10-11,14,19-21,37,43H,2-3,5-6,8-9,12-13,15-17H2,1H3/t19-,20?,21?,33+/m1/s1/i9D2,19D. The van der Waals surface area contributed by atoms with Crippen LogP contribution in [0.5, 0.6) is 11.8 Å². The summed E-state index contributed by atoms with van der Waals surface area (Å²) in [7, 11) is 0. The van der Waals surface area contributed by atoms with Crippen molar-refractivity contribution < 1.29 is 27.1 Å². The summed E-state index contributed by atoms with van der Waals surface area (Å²) in [5.41, 5.74) is -0.660. The molecule has 2 N–H and O–H groups in total. The number of halogens is 3. The van der Waals surface area contributed by atoms with Crippen LogP contribution in [0.2, 0.25) is 0 Å². The number of nitrogens with one attached hydrogen (secondary N) is 1. The van der Waals surface area contributed by atoms with Gasteiger partial charge in [0.1, 0.15) is 41.3 Å². The van der Waals surface area contributed by atoms with Gasteiger partial charge in [0.15, 0.2) is 5.82 Å². The highest BCUT2D eigenvalue weighted by atomic mass is 19.1. The summed E-state index contributed by atoms with van der Waals surface area (Å²) in [6.45, 7) is 0.830. The van der Waals surface area contributed by atoms with Crippen LogP contribution in [0.4, 0.5) is 19.0 Å². The molecule has 8 nitrogen and oxygen atoms in total. The van der Waals surface area contributed by atoms with Crippen molar-refractivity contribution in [3.05, 3.63) is 47.7 Å². The number of aryl methyl sites for hydroxylation is 1. The molecule has 0 radical (unpaired) electrons. The SMILES string of the molecule is [2H]C1([2H])CC[C@@]2(COc3nc(N4CC5CCC4CN5)c4cnc(-c5cc(O)cc6ccc(F)c(CC)c56)c(F)c4n3)C[C@@]([2H])(F)CN12. The Morgan fingerprint density at radius 3 is 2.89 bits per heavy atom. The minimum atomic E-state index is -2.33. The topological polar surface area (TPSA) is 86.6 Å². The van der Waals surface area contributed by atoms with Crippen LogP contribution in [0, 0.1) is 11.6 Å². The van der Waals surface area contributed by atoms with Gasteiger partial charge in [-0.1, -0.05) is 13.0 Å². The Kier molecular flexibility index (Phi) is 5.84. The van der Waals surface area contributed by atoms with Crippen molar-refractivity contribution in [3.63, 3.8) is 0 Å².